The van der Waals surface area contributed by atoms with Gasteiger partial charge in [0.25, 0.3) is 0 Å². The third kappa shape index (κ3) is 3.96. The molecule has 0 aromatic heterocycles. The highest BCUT2D eigenvalue weighted by Gasteiger charge is 2.07. The summed E-state index contributed by atoms with van der Waals surface area (Å²) >= 11 is 3.69. The van der Waals surface area contributed by atoms with E-state index in [9.17, 15) is 0 Å². The van der Waals surface area contributed by atoms with Crippen molar-refractivity contribution < 1.29 is 0 Å². The van der Waals surface area contributed by atoms with Gasteiger partial charge in [0.05, 0.1) is 0 Å². The predicted molar refractivity (Wildman–Crippen MR) is 119 cm³/mol. The summed E-state index contributed by atoms with van der Waals surface area (Å²) in [7, 11) is 0. The molecule has 0 unspecified atom stereocenters. The van der Waals surface area contributed by atoms with Gasteiger partial charge >= 0.3 is 0 Å². The molecule has 0 bridgehead atoms. The largest absolute Gasteiger partial charge is 0.356 e. The zero-order chi connectivity index (χ0) is 18.6. The second kappa shape index (κ2) is 7.81. The Morgan fingerprint density at radius 3 is 1.96 bits per heavy atom. The van der Waals surface area contributed by atoms with Crippen LogP contribution in [-0.2, 0) is 0 Å². The van der Waals surface area contributed by atoms with Crippen molar-refractivity contribution in [3.05, 3.63) is 107 Å². The standard InChI is InChI=1S/C25H20BrN/c1-18-7-5-6-10-23(18)24-17-22(15-16-25(24)26)27-21-13-11-20(12-14-21)19-8-3-2-4-9-19/h2-17,27H,1H3. The minimum Gasteiger partial charge on any atom is -0.356 e. The lowest BCUT2D eigenvalue weighted by Gasteiger charge is -2.13. The molecular weight excluding hydrogens is 394 g/mol. The number of anilines is 2. The van der Waals surface area contributed by atoms with Crippen molar-refractivity contribution >= 4 is 27.3 Å². The lowest BCUT2D eigenvalue weighted by molar-refractivity contribution is 1.44. The lowest BCUT2D eigenvalue weighted by Crippen LogP contribution is -1.92. The van der Waals surface area contributed by atoms with E-state index in [-0.39, 0.29) is 0 Å². The Bertz CT molecular complexity index is 1050. The number of rotatable bonds is 4. The number of halogens is 1. The van der Waals surface area contributed by atoms with E-state index in [1.807, 2.05) is 6.07 Å². The van der Waals surface area contributed by atoms with Crippen molar-refractivity contribution in [1.29, 1.82) is 0 Å². The van der Waals surface area contributed by atoms with Gasteiger partial charge in [-0.05, 0) is 65.1 Å². The first-order chi connectivity index (χ1) is 13.2. The van der Waals surface area contributed by atoms with E-state index >= 15 is 0 Å². The van der Waals surface area contributed by atoms with Gasteiger partial charge in [0.1, 0.15) is 0 Å². The van der Waals surface area contributed by atoms with Gasteiger partial charge in [-0.1, -0.05) is 82.7 Å². The number of benzene rings is 4. The third-order valence-corrected chi connectivity index (χ3v) is 5.37. The van der Waals surface area contributed by atoms with Gasteiger partial charge in [-0.25, -0.2) is 0 Å². The molecule has 0 spiro atoms. The molecule has 4 rings (SSSR count). The van der Waals surface area contributed by atoms with Gasteiger partial charge in [0, 0.05) is 15.8 Å². The molecule has 4 aromatic carbocycles. The van der Waals surface area contributed by atoms with Crippen LogP contribution in [0.25, 0.3) is 22.3 Å². The van der Waals surface area contributed by atoms with Crippen molar-refractivity contribution in [2.45, 2.75) is 6.92 Å². The van der Waals surface area contributed by atoms with Crippen molar-refractivity contribution in [1.82, 2.24) is 0 Å². The van der Waals surface area contributed by atoms with E-state index in [0.29, 0.717) is 0 Å². The fraction of sp³-hybridized carbons (Fsp3) is 0.0400. The first kappa shape index (κ1) is 17.6. The van der Waals surface area contributed by atoms with Crippen LogP contribution in [0.4, 0.5) is 11.4 Å². The summed E-state index contributed by atoms with van der Waals surface area (Å²) in [6.45, 7) is 2.14. The summed E-state index contributed by atoms with van der Waals surface area (Å²) < 4.78 is 1.10. The monoisotopic (exact) mass is 413 g/mol. The predicted octanol–water partition coefficient (Wildman–Crippen LogP) is 7.84. The topological polar surface area (TPSA) is 12.0 Å². The minimum atomic E-state index is 1.07. The van der Waals surface area contributed by atoms with Crippen molar-refractivity contribution in [3.8, 4) is 22.3 Å². The van der Waals surface area contributed by atoms with Crippen LogP contribution in [0.1, 0.15) is 5.56 Å². The van der Waals surface area contributed by atoms with Crippen LogP contribution >= 0.6 is 15.9 Å². The van der Waals surface area contributed by atoms with Gasteiger partial charge in [-0.15, -0.1) is 0 Å². The Hall–Kier alpha value is -2.84. The average Bonchev–Trinajstić information content (AvgIpc) is 2.71. The first-order valence-electron chi connectivity index (χ1n) is 8.99. The Morgan fingerprint density at radius 1 is 0.593 bits per heavy atom. The van der Waals surface area contributed by atoms with E-state index < -0.39 is 0 Å². The smallest absolute Gasteiger partial charge is 0.0391 e. The number of aryl methyl sites for hydroxylation is 1. The maximum absolute atomic E-state index is 3.69. The van der Waals surface area contributed by atoms with Gasteiger partial charge in [0.2, 0.25) is 0 Å². The van der Waals surface area contributed by atoms with E-state index in [2.05, 4.69) is 119 Å². The summed E-state index contributed by atoms with van der Waals surface area (Å²) in [5, 5.41) is 3.52. The third-order valence-electron chi connectivity index (χ3n) is 4.68. The van der Waals surface area contributed by atoms with E-state index in [1.165, 1.54) is 27.8 Å². The zero-order valence-electron chi connectivity index (χ0n) is 15.1. The van der Waals surface area contributed by atoms with Crippen LogP contribution in [0.2, 0.25) is 0 Å². The molecule has 1 nitrogen and oxygen atoms in total. The Labute approximate surface area is 168 Å². The Kier molecular flexibility index (Phi) is 5.08. The van der Waals surface area contributed by atoms with Crippen LogP contribution in [0.5, 0.6) is 0 Å². The molecule has 0 heterocycles. The molecule has 0 saturated heterocycles. The van der Waals surface area contributed by atoms with Crippen LogP contribution in [0.3, 0.4) is 0 Å². The lowest BCUT2D eigenvalue weighted by atomic mass is 10.00. The van der Waals surface area contributed by atoms with E-state index in [4.69, 9.17) is 0 Å². The minimum absolute atomic E-state index is 1.07. The summed E-state index contributed by atoms with van der Waals surface area (Å²) in [4.78, 5) is 0. The molecule has 0 aliphatic rings. The molecule has 0 aliphatic carbocycles. The summed E-state index contributed by atoms with van der Waals surface area (Å²) in [5.41, 5.74) is 8.30. The van der Waals surface area contributed by atoms with Gasteiger partial charge in [-0.2, -0.15) is 0 Å². The maximum Gasteiger partial charge on any atom is 0.0391 e. The maximum atomic E-state index is 3.69. The molecule has 27 heavy (non-hydrogen) atoms. The molecule has 0 aliphatic heterocycles. The van der Waals surface area contributed by atoms with Crippen molar-refractivity contribution in [2.75, 3.05) is 5.32 Å². The normalized spacial score (nSPS) is 10.6. The molecule has 132 valence electrons. The molecule has 0 radical (unpaired) electrons. The SMILES string of the molecule is Cc1ccccc1-c1cc(Nc2ccc(-c3ccccc3)cc2)ccc1Br. The summed E-state index contributed by atoms with van der Waals surface area (Å²) in [6.07, 6.45) is 0. The quantitative estimate of drug-likeness (QED) is 0.359. The van der Waals surface area contributed by atoms with Crippen LogP contribution in [0.15, 0.2) is 102 Å². The summed E-state index contributed by atoms with van der Waals surface area (Å²) in [5.74, 6) is 0. The number of hydrogen-bond donors (Lipinski definition) is 1. The van der Waals surface area contributed by atoms with Gasteiger partial charge in [0.15, 0.2) is 0 Å². The Morgan fingerprint density at radius 2 is 1.22 bits per heavy atom. The van der Waals surface area contributed by atoms with Crippen LogP contribution in [0, 0.1) is 6.92 Å². The average molecular weight is 414 g/mol. The molecule has 0 atom stereocenters. The van der Waals surface area contributed by atoms with E-state index in [0.717, 1.165) is 15.8 Å². The number of nitrogens with one attached hydrogen (secondary N) is 1. The zero-order valence-corrected chi connectivity index (χ0v) is 16.7. The molecule has 1 N–H and O–H groups in total. The fourth-order valence-corrected chi connectivity index (χ4v) is 3.69. The van der Waals surface area contributed by atoms with Crippen LogP contribution in [-0.4, -0.2) is 0 Å². The van der Waals surface area contributed by atoms with Crippen molar-refractivity contribution in [2.24, 2.45) is 0 Å². The second-order valence-electron chi connectivity index (χ2n) is 6.58. The first-order valence-corrected chi connectivity index (χ1v) is 9.78. The highest BCUT2D eigenvalue weighted by atomic mass is 79.9. The molecule has 0 saturated carbocycles. The Balaban J connectivity index is 1.60. The molecule has 0 amide bonds. The molecule has 2 heteroatoms. The molecule has 4 aromatic rings. The van der Waals surface area contributed by atoms with Crippen molar-refractivity contribution in [3.63, 3.8) is 0 Å². The van der Waals surface area contributed by atoms with Gasteiger partial charge in [-0.3, -0.25) is 0 Å². The highest BCUT2D eigenvalue weighted by molar-refractivity contribution is 9.10. The fourth-order valence-electron chi connectivity index (χ4n) is 3.23. The second-order valence-corrected chi connectivity index (χ2v) is 7.43. The highest BCUT2D eigenvalue weighted by Crippen LogP contribution is 2.34. The van der Waals surface area contributed by atoms with Gasteiger partial charge < -0.3 is 5.32 Å². The number of hydrogen-bond acceptors (Lipinski definition) is 1. The van der Waals surface area contributed by atoms with E-state index in [1.54, 1.807) is 0 Å². The molecule has 0 fully saturated rings. The van der Waals surface area contributed by atoms with Crippen LogP contribution < -0.4 is 5.32 Å². The summed E-state index contributed by atoms with van der Waals surface area (Å²) in [6, 6.07) is 33.8. The molecular formula is C25H20BrN.